The van der Waals surface area contributed by atoms with Gasteiger partial charge in [-0.3, -0.25) is 14.7 Å². The summed E-state index contributed by atoms with van der Waals surface area (Å²) in [4.78, 5) is 12.4. The molecule has 0 saturated carbocycles. The molecule has 3 aromatic rings. The summed E-state index contributed by atoms with van der Waals surface area (Å²) in [5.74, 6) is -0.604. The van der Waals surface area contributed by atoms with Crippen molar-refractivity contribution in [1.82, 2.24) is 9.47 Å². The van der Waals surface area contributed by atoms with Crippen molar-refractivity contribution in [3.05, 3.63) is 59.0 Å². The molecule has 3 rings (SSSR count). The lowest BCUT2D eigenvalue weighted by molar-refractivity contribution is -0.153. The predicted molar refractivity (Wildman–Crippen MR) is 125 cm³/mol. The number of halogens is 5. The maximum absolute atomic E-state index is 14.3. The van der Waals surface area contributed by atoms with Crippen LogP contribution in [0.1, 0.15) is 12.5 Å². The fourth-order valence-electron chi connectivity index (χ4n) is 3.46. The van der Waals surface area contributed by atoms with Crippen LogP contribution in [0.15, 0.2) is 47.7 Å². The summed E-state index contributed by atoms with van der Waals surface area (Å²) in [5.41, 5.74) is 0.824. The van der Waals surface area contributed by atoms with E-state index in [-0.39, 0.29) is 35.3 Å². The highest BCUT2D eigenvalue weighted by atomic mass is 35.5. The molecule has 0 spiro atoms. The molecule has 188 valence electrons. The number of ether oxygens (including phenoxy) is 1. The predicted octanol–water partition coefficient (Wildman–Crippen LogP) is 4.64. The van der Waals surface area contributed by atoms with Gasteiger partial charge in [-0.05, 0) is 31.2 Å². The summed E-state index contributed by atoms with van der Waals surface area (Å²) in [6, 6.07) is 8.86. The molecule has 0 aliphatic rings. The Bertz CT molecular complexity index is 1210. The number of alkyl halides is 3. The number of hydrazone groups is 1. The van der Waals surface area contributed by atoms with E-state index in [4.69, 9.17) is 16.3 Å². The third-order valence-corrected chi connectivity index (χ3v) is 5.53. The van der Waals surface area contributed by atoms with Crippen molar-refractivity contribution in [3.63, 3.8) is 0 Å². The van der Waals surface area contributed by atoms with Crippen molar-refractivity contribution in [2.45, 2.75) is 19.6 Å². The van der Waals surface area contributed by atoms with Crippen molar-refractivity contribution < 1.29 is 32.2 Å². The molecule has 0 unspecified atom stereocenters. The third-order valence-electron chi connectivity index (χ3n) is 5.17. The minimum Gasteiger partial charge on any atom is -0.482 e. The van der Waals surface area contributed by atoms with E-state index < -0.39 is 25.2 Å². The van der Waals surface area contributed by atoms with E-state index in [2.05, 4.69) is 5.10 Å². The number of amidine groups is 1. The second kappa shape index (κ2) is 11.0. The van der Waals surface area contributed by atoms with Crippen LogP contribution in [-0.4, -0.2) is 59.8 Å². The largest absolute Gasteiger partial charge is 0.482 e. The van der Waals surface area contributed by atoms with Gasteiger partial charge in [0, 0.05) is 41.8 Å². The highest BCUT2D eigenvalue weighted by molar-refractivity contribution is 6.31. The molecule has 0 saturated heterocycles. The molecule has 0 aliphatic carbocycles. The van der Waals surface area contributed by atoms with Crippen LogP contribution in [0.3, 0.4) is 0 Å². The number of aliphatic hydroxyl groups is 1. The van der Waals surface area contributed by atoms with Gasteiger partial charge in [-0.2, -0.15) is 18.3 Å². The van der Waals surface area contributed by atoms with Gasteiger partial charge in [0.15, 0.2) is 12.4 Å². The van der Waals surface area contributed by atoms with Crippen LogP contribution in [0.2, 0.25) is 5.02 Å². The second-order valence-electron chi connectivity index (χ2n) is 7.52. The quantitative estimate of drug-likeness (QED) is 0.148. The highest BCUT2D eigenvalue weighted by Crippen LogP contribution is 2.35. The number of benzene rings is 2. The summed E-state index contributed by atoms with van der Waals surface area (Å²) in [6.45, 7) is -0.155. The Labute approximate surface area is 203 Å². The molecule has 1 aromatic heterocycles. The molecule has 1 N–H and O–H groups in total. The molecule has 7 nitrogen and oxygen atoms in total. The van der Waals surface area contributed by atoms with Gasteiger partial charge in [0.25, 0.3) is 0 Å². The van der Waals surface area contributed by atoms with E-state index in [9.17, 15) is 27.5 Å². The van der Waals surface area contributed by atoms with Crippen LogP contribution < -0.4 is 9.75 Å². The molecule has 0 atom stereocenters. The van der Waals surface area contributed by atoms with Crippen LogP contribution in [0, 0.1) is 5.82 Å². The van der Waals surface area contributed by atoms with Gasteiger partial charge < -0.3 is 14.4 Å². The fraction of sp³-hybridized carbons (Fsp3) is 0.304. The van der Waals surface area contributed by atoms with E-state index in [0.717, 1.165) is 0 Å². The SMILES string of the molecule is CCN(C=O)/C(CO)=N\N(C)c1cc(OCC(F)(F)F)c2c(ccn2Cc2c(F)cccc2Cl)c1. The maximum atomic E-state index is 14.3. The van der Waals surface area contributed by atoms with E-state index in [0.29, 0.717) is 23.0 Å². The Morgan fingerprint density at radius 1 is 1.29 bits per heavy atom. The number of carbonyl (C=O) groups excluding carboxylic acids is 1. The van der Waals surface area contributed by atoms with Crippen molar-refractivity contribution in [2.24, 2.45) is 5.10 Å². The maximum Gasteiger partial charge on any atom is 0.422 e. The number of fused-ring (bicyclic) bond motifs is 1. The van der Waals surface area contributed by atoms with E-state index in [1.807, 2.05) is 0 Å². The molecule has 0 bridgehead atoms. The Kier molecular flexibility index (Phi) is 8.23. The van der Waals surface area contributed by atoms with Gasteiger partial charge in [-0.15, -0.1) is 0 Å². The van der Waals surface area contributed by atoms with Crippen LogP contribution >= 0.6 is 11.6 Å². The summed E-state index contributed by atoms with van der Waals surface area (Å²) >= 11 is 6.13. The summed E-state index contributed by atoms with van der Waals surface area (Å²) in [6.07, 6.45) is -2.49. The molecule has 12 heteroatoms. The van der Waals surface area contributed by atoms with E-state index in [1.54, 1.807) is 29.8 Å². The first-order valence-corrected chi connectivity index (χ1v) is 10.8. The normalized spacial score (nSPS) is 12.2. The van der Waals surface area contributed by atoms with E-state index >= 15 is 0 Å². The number of aromatic nitrogens is 1. The first-order valence-electron chi connectivity index (χ1n) is 10.5. The zero-order valence-corrected chi connectivity index (χ0v) is 19.6. The van der Waals surface area contributed by atoms with Gasteiger partial charge in [0.2, 0.25) is 6.41 Å². The Hall–Kier alpha value is -3.31. The van der Waals surface area contributed by atoms with Crippen molar-refractivity contribution in [1.29, 1.82) is 0 Å². The minimum absolute atomic E-state index is 0.0375. The lowest BCUT2D eigenvalue weighted by atomic mass is 10.2. The van der Waals surface area contributed by atoms with Gasteiger partial charge in [-0.1, -0.05) is 17.7 Å². The molecule has 35 heavy (non-hydrogen) atoms. The molecule has 0 fully saturated rings. The zero-order chi connectivity index (χ0) is 25.8. The Balaban J connectivity index is 2.09. The van der Waals surface area contributed by atoms with Crippen molar-refractivity contribution in [3.8, 4) is 5.75 Å². The smallest absolute Gasteiger partial charge is 0.422 e. The molecule has 0 radical (unpaired) electrons. The number of rotatable bonds is 9. The number of likely N-dealkylation sites (N-methyl/N-ethyl adjacent to an activating group) is 1. The number of carbonyl (C=O) groups is 1. The van der Waals surface area contributed by atoms with Crippen molar-refractivity contribution in [2.75, 3.05) is 31.8 Å². The third kappa shape index (κ3) is 6.23. The lowest BCUT2D eigenvalue weighted by Crippen LogP contribution is -2.34. The Morgan fingerprint density at radius 2 is 2.03 bits per heavy atom. The summed E-state index contributed by atoms with van der Waals surface area (Å²) in [5, 5.41) is 15.8. The molecule has 1 amide bonds. The first-order chi connectivity index (χ1) is 16.6. The average Bonchev–Trinajstić information content (AvgIpc) is 3.22. The van der Waals surface area contributed by atoms with Gasteiger partial charge in [-0.25, -0.2) is 4.39 Å². The molecule has 0 aliphatic heterocycles. The topological polar surface area (TPSA) is 70.3 Å². The van der Waals surface area contributed by atoms with Crippen LogP contribution in [-0.2, 0) is 11.3 Å². The second-order valence-corrected chi connectivity index (χ2v) is 7.93. The minimum atomic E-state index is -4.59. The van der Waals surface area contributed by atoms with Crippen LogP contribution in [0.5, 0.6) is 5.75 Å². The molecule has 2 aromatic carbocycles. The lowest BCUT2D eigenvalue weighted by Gasteiger charge is -2.21. The van der Waals surface area contributed by atoms with E-state index in [1.165, 1.54) is 41.2 Å². The first kappa shape index (κ1) is 26.3. The fourth-order valence-corrected chi connectivity index (χ4v) is 3.69. The standard InChI is InChI=1S/C23H23ClF4N4O3/c1-3-31(14-34)21(12-33)29-30(2)16-9-15-7-8-32(11-17-18(24)5-4-6-19(17)25)22(15)20(10-16)35-13-23(26,27)28/h4-10,14,33H,3,11-13H2,1-2H3/b29-21-. The van der Waals surface area contributed by atoms with Crippen molar-refractivity contribution >= 4 is 40.4 Å². The molecular formula is C23H23ClF4N4O3. The van der Waals surface area contributed by atoms with Crippen LogP contribution in [0.25, 0.3) is 10.9 Å². The number of amides is 1. The van der Waals surface area contributed by atoms with Gasteiger partial charge >= 0.3 is 6.18 Å². The number of aliphatic hydroxyl groups excluding tert-OH is 1. The summed E-state index contributed by atoms with van der Waals surface area (Å²) in [7, 11) is 1.51. The monoisotopic (exact) mass is 514 g/mol. The molecular weight excluding hydrogens is 492 g/mol. The Morgan fingerprint density at radius 3 is 2.63 bits per heavy atom. The number of nitrogens with zero attached hydrogens (tertiary/aromatic N) is 4. The number of hydrogen-bond donors (Lipinski definition) is 1. The average molecular weight is 515 g/mol. The van der Waals surface area contributed by atoms with Gasteiger partial charge in [0.1, 0.15) is 18.2 Å². The van der Waals surface area contributed by atoms with Gasteiger partial charge in [0.05, 0.1) is 17.7 Å². The molecule has 1 heterocycles. The number of hydrogen-bond acceptors (Lipinski definition) is 5. The van der Waals surface area contributed by atoms with Crippen LogP contribution in [0.4, 0.5) is 23.2 Å². The highest BCUT2D eigenvalue weighted by Gasteiger charge is 2.29. The zero-order valence-electron chi connectivity index (χ0n) is 18.9. The number of anilines is 1. The summed E-state index contributed by atoms with van der Waals surface area (Å²) < 4.78 is 59.9.